The van der Waals surface area contributed by atoms with Crippen LogP contribution in [0.3, 0.4) is 0 Å². The van der Waals surface area contributed by atoms with Crippen LogP contribution in [0.15, 0.2) is 28.7 Å². The SMILES string of the molecule is COC(=O)c1c(N)nsc1NCc1ccccc1Br. The predicted octanol–water partition coefficient (Wildman–Crippen LogP) is 2.89. The molecule has 2 rings (SSSR count). The minimum atomic E-state index is -0.485. The molecule has 1 aromatic heterocycles. The van der Waals surface area contributed by atoms with Crippen LogP contribution in [0.4, 0.5) is 10.8 Å². The van der Waals surface area contributed by atoms with Gasteiger partial charge in [-0.3, -0.25) is 0 Å². The minimum Gasteiger partial charge on any atom is -0.465 e. The van der Waals surface area contributed by atoms with E-state index in [1.54, 1.807) is 0 Å². The van der Waals surface area contributed by atoms with E-state index in [0.29, 0.717) is 17.1 Å². The number of carbonyl (C=O) groups excluding carboxylic acids is 1. The number of esters is 1. The third-order valence-electron chi connectivity index (χ3n) is 2.51. The molecule has 0 amide bonds. The quantitative estimate of drug-likeness (QED) is 0.836. The number of hydrogen-bond donors (Lipinski definition) is 2. The van der Waals surface area contributed by atoms with Crippen molar-refractivity contribution in [3.05, 3.63) is 39.9 Å². The topological polar surface area (TPSA) is 77.2 Å². The van der Waals surface area contributed by atoms with Crippen molar-refractivity contribution in [3.63, 3.8) is 0 Å². The molecule has 5 nitrogen and oxygen atoms in total. The van der Waals surface area contributed by atoms with Gasteiger partial charge in [-0.1, -0.05) is 34.1 Å². The molecule has 19 heavy (non-hydrogen) atoms. The van der Waals surface area contributed by atoms with E-state index in [-0.39, 0.29) is 5.82 Å². The van der Waals surface area contributed by atoms with Gasteiger partial charge in [-0.05, 0) is 23.2 Å². The van der Waals surface area contributed by atoms with E-state index in [0.717, 1.165) is 21.6 Å². The largest absolute Gasteiger partial charge is 0.465 e. The number of nitrogen functional groups attached to an aromatic ring is 1. The van der Waals surface area contributed by atoms with Crippen LogP contribution < -0.4 is 11.1 Å². The molecule has 0 atom stereocenters. The van der Waals surface area contributed by atoms with Crippen LogP contribution in [-0.4, -0.2) is 17.5 Å². The van der Waals surface area contributed by atoms with Crippen LogP contribution in [-0.2, 0) is 11.3 Å². The number of nitrogens with two attached hydrogens (primary N) is 1. The van der Waals surface area contributed by atoms with Crippen molar-refractivity contribution in [2.75, 3.05) is 18.2 Å². The molecule has 1 aromatic carbocycles. The van der Waals surface area contributed by atoms with Crippen molar-refractivity contribution in [1.82, 2.24) is 4.37 Å². The lowest BCUT2D eigenvalue weighted by atomic mass is 10.2. The minimum absolute atomic E-state index is 0.187. The van der Waals surface area contributed by atoms with Gasteiger partial charge in [0.2, 0.25) is 0 Å². The molecule has 1 heterocycles. The number of hydrogen-bond acceptors (Lipinski definition) is 6. The van der Waals surface area contributed by atoms with E-state index in [4.69, 9.17) is 10.5 Å². The highest BCUT2D eigenvalue weighted by Crippen LogP contribution is 2.28. The lowest BCUT2D eigenvalue weighted by Gasteiger charge is -2.07. The second kappa shape index (κ2) is 6.03. The molecule has 0 unspecified atom stereocenters. The molecule has 0 fully saturated rings. The number of rotatable bonds is 4. The Morgan fingerprint density at radius 3 is 2.95 bits per heavy atom. The Hall–Kier alpha value is -1.60. The van der Waals surface area contributed by atoms with Gasteiger partial charge in [-0.25, -0.2) is 4.79 Å². The maximum absolute atomic E-state index is 11.6. The van der Waals surface area contributed by atoms with Crippen LogP contribution in [0.2, 0.25) is 0 Å². The maximum Gasteiger partial charge on any atom is 0.344 e. The zero-order valence-corrected chi connectivity index (χ0v) is 12.5. The summed E-state index contributed by atoms with van der Waals surface area (Å²) in [6.45, 7) is 0.563. The molecular weight excluding hydrogens is 330 g/mol. The van der Waals surface area contributed by atoms with Crippen molar-refractivity contribution in [2.45, 2.75) is 6.54 Å². The summed E-state index contributed by atoms with van der Waals surface area (Å²) >= 11 is 4.61. The molecule has 0 radical (unpaired) electrons. The summed E-state index contributed by atoms with van der Waals surface area (Å²) in [6, 6.07) is 7.83. The van der Waals surface area contributed by atoms with E-state index < -0.39 is 5.97 Å². The van der Waals surface area contributed by atoms with Crippen LogP contribution in [0.25, 0.3) is 0 Å². The van der Waals surface area contributed by atoms with Gasteiger partial charge in [0.15, 0.2) is 5.82 Å². The molecule has 2 aromatic rings. The Kier molecular flexibility index (Phi) is 4.39. The first-order chi connectivity index (χ1) is 9.13. The van der Waals surface area contributed by atoms with Gasteiger partial charge in [0, 0.05) is 11.0 Å². The smallest absolute Gasteiger partial charge is 0.344 e. The highest BCUT2D eigenvalue weighted by Gasteiger charge is 2.19. The molecule has 0 aliphatic heterocycles. The summed E-state index contributed by atoms with van der Waals surface area (Å²) < 4.78 is 9.65. The number of carbonyl (C=O) groups is 1. The molecule has 0 spiro atoms. The average Bonchev–Trinajstić information content (AvgIpc) is 2.78. The highest BCUT2D eigenvalue weighted by atomic mass is 79.9. The number of benzene rings is 1. The lowest BCUT2D eigenvalue weighted by molar-refractivity contribution is 0.0603. The van der Waals surface area contributed by atoms with E-state index in [1.165, 1.54) is 7.11 Å². The van der Waals surface area contributed by atoms with Crippen molar-refractivity contribution in [2.24, 2.45) is 0 Å². The summed E-state index contributed by atoms with van der Waals surface area (Å²) in [5, 5.41) is 3.76. The van der Waals surface area contributed by atoms with E-state index in [2.05, 4.69) is 25.6 Å². The van der Waals surface area contributed by atoms with Gasteiger partial charge in [-0.15, -0.1) is 0 Å². The van der Waals surface area contributed by atoms with Gasteiger partial charge < -0.3 is 15.8 Å². The number of halogens is 1. The van der Waals surface area contributed by atoms with Crippen LogP contribution in [0.1, 0.15) is 15.9 Å². The fourth-order valence-electron chi connectivity index (χ4n) is 1.54. The van der Waals surface area contributed by atoms with E-state index >= 15 is 0 Å². The van der Waals surface area contributed by atoms with Gasteiger partial charge in [0.25, 0.3) is 0 Å². The third kappa shape index (κ3) is 3.05. The fourth-order valence-corrected chi connectivity index (χ4v) is 2.66. The van der Waals surface area contributed by atoms with Crippen LogP contribution in [0, 0.1) is 0 Å². The van der Waals surface area contributed by atoms with Crippen molar-refractivity contribution in [1.29, 1.82) is 0 Å². The summed E-state index contributed by atoms with van der Waals surface area (Å²) in [6.07, 6.45) is 0. The first kappa shape index (κ1) is 13.8. The number of anilines is 2. The lowest BCUT2D eigenvalue weighted by Crippen LogP contribution is -2.08. The number of nitrogens with one attached hydrogen (secondary N) is 1. The normalized spacial score (nSPS) is 10.2. The number of aromatic nitrogens is 1. The standard InChI is InChI=1S/C12H12BrN3O2S/c1-18-12(17)9-10(14)16-19-11(9)15-6-7-4-2-3-5-8(7)13/h2-5,15H,6H2,1H3,(H2,14,16). The van der Waals surface area contributed by atoms with Gasteiger partial charge in [0.1, 0.15) is 10.6 Å². The van der Waals surface area contributed by atoms with Crippen molar-refractivity contribution in [3.8, 4) is 0 Å². The molecule has 3 N–H and O–H groups in total. The predicted molar refractivity (Wildman–Crippen MR) is 79.3 cm³/mol. The van der Waals surface area contributed by atoms with Crippen LogP contribution in [0.5, 0.6) is 0 Å². The van der Waals surface area contributed by atoms with Crippen LogP contribution >= 0.6 is 27.5 Å². The molecule has 7 heteroatoms. The molecule has 100 valence electrons. The summed E-state index contributed by atoms with van der Waals surface area (Å²) in [5.74, 6) is -0.299. The molecule has 0 bridgehead atoms. The van der Waals surface area contributed by atoms with E-state index in [1.807, 2.05) is 24.3 Å². The average molecular weight is 342 g/mol. The molecular formula is C12H12BrN3O2S. The third-order valence-corrected chi connectivity index (χ3v) is 4.10. The zero-order valence-electron chi connectivity index (χ0n) is 10.1. The molecule has 0 aliphatic carbocycles. The number of nitrogens with zero attached hydrogens (tertiary/aromatic N) is 1. The summed E-state index contributed by atoms with van der Waals surface area (Å²) in [7, 11) is 1.32. The van der Waals surface area contributed by atoms with Gasteiger partial charge in [-0.2, -0.15) is 4.37 Å². The van der Waals surface area contributed by atoms with Gasteiger partial charge >= 0.3 is 5.97 Å². The number of ether oxygens (including phenoxy) is 1. The summed E-state index contributed by atoms with van der Waals surface area (Å²) in [4.78, 5) is 11.6. The van der Waals surface area contributed by atoms with Crippen molar-refractivity contribution < 1.29 is 9.53 Å². The van der Waals surface area contributed by atoms with E-state index in [9.17, 15) is 4.79 Å². The first-order valence-electron chi connectivity index (χ1n) is 5.44. The highest BCUT2D eigenvalue weighted by molar-refractivity contribution is 9.10. The Labute approximate surface area is 123 Å². The second-order valence-electron chi connectivity index (χ2n) is 3.71. The number of methoxy groups -OCH3 is 1. The Bertz CT molecular complexity index is 600. The second-order valence-corrected chi connectivity index (χ2v) is 5.34. The Morgan fingerprint density at radius 1 is 1.53 bits per heavy atom. The fraction of sp³-hybridized carbons (Fsp3) is 0.167. The van der Waals surface area contributed by atoms with Gasteiger partial charge in [0.05, 0.1) is 7.11 Å². The molecule has 0 saturated heterocycles. The molecule has 0 aliphatic rings. The Balaban J connectivity index is 2.17. The zero-order chi connectivity index (χ0) is 13.8. The summed E-state index contributed by atoms with van der Waals surface area (Å²) in [5.41, 5.74) is 7.03. The van der Waals surface area contributed by atoms with Crippen molar-refractivity contribution >= 4 is 44.3 Å². The Morgan fingerprint density at radius 2 is 2.26 bits per heavy atom. The maximum atomic E-state index is 11.6. The molecule has 0 saturated carbocycles. The first-order valence-corrected chi connectivity index (χ1v) is 7.01. The monoisotopic (exact) mass is 341 g/mol.